The van der Waals surface area contributed by atoms with Crippen LogP contribution in [0.2, 0.25) is 0 Å². The smallest absolute Gasteiger partial charge is 0.408 e. The summed E-state index contributed by atoms with van der Waals surface area (Å²) in [6.07, 6.45) is 2.77. The van der Waals surface area contributed by atoms with Crippen molar-refractivity contribution in [1.29, 1.82) is 0 Å². The van der Waals surface area contributed by atoms with Crippen molar-refractivity contribution in [1.82, 2.24) is 15.2 Å². The first-order chi connectivity index (χ1) is 11.6. The number of nitrogens with zero attached hydrogens (tertiary/aromatic N) is 2. The van der Waals surface area contributed by atoms with Gasteiger partial charge in [0.1, 0.15) is 15.5 Å². The molecule has 1 aliphatic rings. The zero-order valence-electron chi connectivity index (χ0n) is 16.0. The predicted octanol–water partition coefficient (Wildman–Crippen LogP) is 3.88. The molecule has 2 amide bonds. The zero-order chi connectivity index (χ0) is 18.8. The van der Waals surface area contributed by atoms with Crippen molar-refractivity contribution in [2.24, 2.45) is 0 Å². The van der Waals surface area contributed by atoms with E-state index >= 15 is 0 Å². The molecule has 6 nitrogen and oxygen atoms in total. The minimum atomic E-state index is -0.537. The number of alkyl carbamates (subject to hydrolysis) is 1. The zero-order valence-corrected chi connectivity index (χ0v) is 16.8. The minimum absolute atomic E-state index is 0.0539. The lowest BCUT2D eigenvalue weighted by Gasteiger charge is -2.38. The Morgan fingerprint density at radius 1 is 1.28 bits per heavy atom. The third-order valence-electron chi connectivity index (χ3n) is 4.25. The number of rotatable bonds is 3. The van der Waals surface area contributed by atoms with Crippen molar-refractivity contribution in [3.05, 3.63) is 15.6 Å². The van der Waals surface area contributed by atoms with Crippen LogP contribution in [0.25, 0.3) is 0 Å². The molecule has 1 aromatic rings. The van der Waals surface area contributed by atoms with Crippen LogP contribution in [0.5, 0.6) is 0 Å². The molecule has 2 heterocycles. The minimum Gasteiger partial charge on any atom is -0.444 e. The highest BCUT2D eigenvalue weighted by Gasteiger charge is 2.31. The molecule has 0 aliphatic carbocycles. The molecule has 2 unspecified atom stereocenters. The molecule has 0 aromatic carbocycles. The van der Waals surface area contributed by atoms with Crippen LogP contribution < -0.4 is 5.32 Å². The van der Waals surface area contributed by atoms with Gasteiger partial charge in [-0.25, -0.2) is 9.78 Å². The maximum atomic E-state index is 13.0. The summed E-state index contributed by atoms with van der Waals surface area (Å²) in [6, 6.07) is 0.502. The van der Waals surface area contributed by atoms with Gasteiger partial charge >= 0.3 is 6.09 Å². The quantitative estimate of drug-likeness (QED) is 0.880. The van der Waals surface area contributed by atoms with Gasteiger partial charge in [0.25, 0.3) is 5.91 Å². The third-order valence-corrected chi connectivity index (χ3v) is 5.39. The lowest BCUT2D eigenvalue weighted by molar-refractivity contribution is 0.0508. The molecule has 1 N–H and O–H groups in total. The van der Waals surface area contributed by atoms with Gasteiger partial charge in [-0.1, -0.05) is 0 Å². The Labute approximate surface area is 154 Å². The van der Waals surface area contributed by atoms with E-state index in [2.05, 4.69) is 24.1 Å². The van der Waals surface area contributed by atoms with E-state index in [0.29, 0.717) is 9.88 Å². The van der Waals surface area contributed by atoms with Crippen LogP contribution in [0.1, 0.15) is 74.3 Å². The molecule has 2 atom stereocenters. The number of hydrogen-bond acceptors (Lipinski definition) is 5. The van der Waals surface area contributed by atoms with Crippen LogP contribution in [-0.2, 0) is 11.3 Å². The standard InChI is InChI=1S/C18H29N3O3S/c1-11-8-7-9-12(2)21(11)16(22)15-13(3)20-14(25-15)10-19-17(23)24-18(4,5)6/h11-12H,7-10H2,1-6H3,(H,19,23). The first kappa shape index (κ1) is 19.7. The molecular weight excluding hydrogens is 338 g/mol. The number of hydrogen-bond donors (Lipinski definition) is 1. The van der Waals surface area contributed by atoms with E-state index in [1.54, 1.807) is 0 Å². The normalized spacial score (nSPS) is 21.1. The first-order valence-corrected chi connectivity index (χ1v) is 9.66. The summed E-state index contributed by atoms with van der Waals surface area (Å²) in [5, 5.41) is 3.41. The molecular formula is C18H29N3O3S. The Bertz CT molecular complexity index is 626. The highest BCUT2D eigenvalue weighted by Crippen LogP contribution is 2.28. The van der Waals surface area contributed by atoms with Gasteiger partial charge < -0.3 is 15.0 Å². The van der Waals surface area contributed by atoms with Gasteiger partial charge in [-0.05, 0) is 60.8 Å². The van der Waals surface area contributed by atoms with E-state index in [1.165, 1.54) is 17.8 Å². The van der Waals surface area contributed by atoms with Crippen molar-refractivity contribution >= 4 is 23.3 Å². The Morgan fingerprint density at radius 3 is 2.44 bits per heavy atom. The van der Waals surface area contributed by atoms with Crippen LogP contribution in [0.3, 0.4) is 0 Å². The Balaban J connectivity index is 2.04. The summed E-state index contributed by atoms with van der Waals surface area (Å²) in [4.78, 5) is 31.8. The van der Waals surface area contributed by atoms with Gasteiger partial charge in [-0.15, -0.1) is 11.3 Å². The highest BCUT2D eigenvalue weighted by atomic mass is 32.1. The number of aromatic nitrogens is 1. The number of likely N-dealkylation sites (tertiary alicyclic amines) is 1. The van der Waals surface area contributed by atoms with Gasteiger partial charge in [-0.2, -0.15) is 0 Å². The molecule has 1 saturated heterocycles. The largest absolute Gasteiger partial charge is 0.444 e. The molecule has 2 rings (SSSR count). The maximum Gasteiger partial charge on any atom is 0.408 e. The average molecular weight is 368 g/mol. The molecule has 1 fully saturated rings. The second-order valence-electron chi connectivity index (χ2n) is 7.72. The molecule has 0 bridgehead atoms. The Kier molecular flexibility index (Phi) is 6.08. The van der Waals surface area contributed by atoms with Gasteiger partial charge in [0.05, 0.1) is 12.2 Å². The number of piperidine rings is 1. The number of aryl methyl sites for hydroxylation is 1. The van der Waals surface area contributed by atoms with Gasteiger partial charge in [-0.3, -0.25) is 4.79 Å². The monoisotopic (exact) mass is 367 g/mol. The average Bonchev–Trinajstić information content (AvgIpc) is 2.84. The second-order valence-corrected chi connectivity index (χ2v) is 8.80. The van der Waals surface area contributed by atoms with Crippen LogP contribution in [-0.4, -0.2) is 39.6 Å². The lowest BCUT2D eigenvalue weighted by Crippen LogP contribution is -2.47. The third kappa shape index (κ3) is 5.17. The SMILES string of the molecule is Cc1nc(CNC(=O)OC(C)(C)C)sc1C(=O)N1C(C)CCCC1C. The van der Waals surface area contributed by atoms with E-state index in [9.17, 15) is 9.59 Å². The van der Waals surface area contributed by atoms with E-state index < -0.39 is 11.7 Å². The Morgan fingerprint density at radius 2 is 1.88 bits per heavy atom. The molecule has 0 radical (unpaired) electrons. The number of ether oxygens (including phenoxy) is 1. The lowest BCUT2D eigenvalue weighted by atomic mass is 9.97. The van der Waals surface area contributed by atoms with Crippen molar-refractivity contribution in [3.63, 3.8) is 0 Å². The summed E-state index contributed by atoms with van der Waals surface area (Å²) in [5.74, 6) is 0.0539. The highest BCUT2D eigenvalue weighted by molar-refractivity contribution is 7.13. The summed E-state index contributed by atoms with van der Waals surface area (Å²) in [7, 11) is 0. The Hall–Kier alpha value is -1.63. The van der Waals surface area contributed by atoms with E-state index in [1.807, 2.05) is 32.6 Å². The summed E-state index contributed by atoms with van der Waals surface area (Å²) < 4.78 is 5.22. The second kappa shape index (κ2) is 7.72. The summed E-state index contributed by atoms with van der Waals surface area (Å²) >= 11 is 1.35. The maximum absolute atomic E-state index is 13.0. The predicted molar refractivity (Wildman–Crippen MR) is 98.9 cm³/mol. The van der Waals surface area contributed by atoms with E-state index in [4.69, 9.17) is 4.74 Å². The summed E-state index contributed by atoms with van der Waals surface area (Å²) in [6.45, 7) is 11.8. The van der Waals surface area contributed by atoms with Crippen LogP contribution in [0.15, 0.2) is 0 Å². The number of amides is 2. The van der Waals surface area contributed by atoms with Crippen molar-refractivity contribution < 1.29 is 14.3 Å². The number of carbonyl (C=O) groups excluding carboxylic acids is 2. The molecule has 25 heavy (non-hydrogen) atoms. The summed E-state index contributed by atoms with van der Waals surface area (Å²) in [5.41, 5.74) is 0.186. The van der Waals surface area contributed by atoms with Gasteiger partial charge in [0.2, 0.25) is 0 Å². The fourth-order valence-electron chi connectivity index (χ4n) is 3.13. The molecule has 0 saturated carbocycles. The van der Waals surface area contributed by atoms with Crippen molar-refractivity contribution in [2.45, 2.75) is 85.0 Å². The van der Waals surface area contributed by atoms with Gasteiger partial charge in [0.15, 0.2) is 0 Å². The molecule has 1 aliphatic heterocycles. The molecule has 140 valence electrons. The number of carbonyl (C=O) groups is 2. The fourth-order valence-corrected chi connectivity index (χ4v) is 4.08. The van der Waals surface area contributed by atoms with E-state index in [-0.39, 0.29) is 24.5 Å². The van der Waals surface area contributed by atoms with Crippen LogP contribution in [0.4, 0.5) is 4.79 Å². The van der Waals surface area contributed by atoms with E-state index in [0.717, 1.165) is 18.5 Å². The molecule has 1 aromatic heterocycles. The van der Waals surface area contributed by atoms with Gasteiger partial charge in [0, 0.05) is 12.1 Å². The first-order valence-electron chi connectivity index (χ1n) is 8.84. The fraction of sp³-hybridized carbons (Fsp3) is 0.722. The van der Waals surface area contributed by atoms with Crippen LogP contribution >= 0.6 is 11.3 Å². The molecule has 7 heteroatoms. The molecule has 0 spiro atoms. The van der Waals surface area contributed by atoms with Crippen molar-refractivity contribution in [3.8, 4) is 0 Å². The van der Waals surface area contributed by atoms with Crippen molar-refractivity contribution in [2.75, 3.05) is 0 Å². The number of thiazole rings is 1. The van der Waals surface area contributed by atoms with Crippen LogP contribution in [0, 0.1) is 6.92 Å². The topological polar surface area (TPSA) is 71.5 Å². The number of nitrogens with one attached hydrogen (secondary N) is 1.